The summed E-state index contributed by atoms with van der Waals surface area (Å²) in [5.41, 5.74) is 1.03. The predicted molar refractivity (Wildman–Crippen MR) is 107 cm³/mol. The Morgan fingerprint density at radius 3 is 2.69 bits per heavy atom. The van der Waals surface area contributed by atoms with Gasteiger partial charge >= 0.3 is 5.97 Å². The number of aliphatic carboxylic acids is 1. The molecule has 2 aliphatic heterocycles. The third-order valence-corrected chi connectivity index (χ3v) is 7.08. The number of fused-ring (bicyclic) bond motifs is 1. The molecule has 8 nitrogen and oxygen atoms in total. The van der Waals surface area contributed by atoms with E-state index in [0.717, 1.165) is 0 Å². The minimum absolute atomic E-state index is 0.196. The average molecular weight is 436 g/mol. The number of aromatic nitrogens is 1. The molecule has 0 bridgehead atoms. The average Bonchev–Trinajstić information content (AvgIpc) is 3.15. The van der Waals surface area contributed by atoms with Gasteiger partial charge in [0.25, 0.3) is 5.91 Å². The summed E-state index contributed by atoms with van der Waals surface area (Å²) in [5.74, 6) is -1.70. The number of carboxylic acids is 1. The van der Waals surface area contributed by atoms with Crippen LogP contribution < -0.4 is 5.32 Å². The molecule has 29 heavy (non-hydrogen) atoms. The SMILES string of the molecule is Cc1onc(-c2ccccc2Cl)c1C(=O)NC1C(=O)N2[C@@H]1SC(C)(C)[C@@H]2C(=O)O. The highest BCUT2D eigenvalue weighted by molar-refractivity contribution is 8.01. The molecule has 3 heterocycles. The number of hydrogen-bond acceptors (Lipinski definition) is 6. The highest BCUT2D eigenvalue weighted by Crippen LogP contribution is 2.50. The first-order valence-electron chi connectivity index (χ1n) is 8.88. The Hall–Kier alpha value is -2.52. The van der Waals surface area contributed by atoms with Crippen molar-refractivity contribution in [3.63, 3.8) is 0 Å². The molecule has 10 heteroatoms. The number of nitrogens with zero attached hydrogens (tertiary/aromatic N) is 2. The van der Waals surface area contributed by atoms with Gasteiger partial charge in [-0.15, -0.1) is 11.8 Å². The first kappa shape index (κ1) is 19.8. The number of nitrogens with one attached hydrogen (secondary N) is 1. The Kier molecular flexibility index (Phi) is 4.62. The summed E-state index contributed by atoms with van der Waals surface area (Å²) >= 11 is 7.59. The van der Waals surface area contributed by atoms with E-state index in [4.69, 9.17) is 16.1 Å². The van der Waals surface area contributed by atoms with Gasteiger partial charge in [-0.05, 0) is 26.8 Å². The van der Waals surface area contributed by atoms with E-state index in [2.05, 4.69) is 10.5 Å². The third kappa shape index (κ3) is 3.00. The predicted octanol–water partition coefficient (Wildman–Crippen LogP) is 2.55. The number of halogens is 1. The summed E-state index contributed by atoms with van der Waals surface area (Å²) in [6, 6.07) is 5.18. The number of amides is 2. The number of hydrogen-bond donors (Lipinski definition) is 2. The molecule has 0 spiro atoms. The lowest BCUT2D eigenvalue weighted by Gasteiger charge is -2.43. The van der Waals surface area contributed by atoms with E-state index in [9.17, 15) is 19.5 Å². The van der Waals surface area contributed by atoms with E-state index in [1.165, 1.54) is 16.7 Å². The topological polar surface area (TPSA) is 113 Å². The number of aryl methyl sites for hydroxylation is 1. The maximum Gasteiger partial charge on any atom is 0.327 e. The first-order valence-corrected chi connectivity index (χ1v) is 10.1. The Morgan fingerprint density at radius 1 is 1.34 bits per heavy atom. The monoisotopic (exact) mass is 435 g/mol. The van der Waals surface area contributed by atoms with Crippen molar-refractivity contribution in [1.82, 2.24) is 15.4 Å². The fourth-order valence-electron chi connectivity index (χ4n) is 3.84. The van der Waals surface area contributed by atoms with Crippen LogP contribution in [0.15, 0.2) is 28.8 Å². The number of β-lactam (4-membered cyclic amide) rings is 1. The largest absolute Gasteiger partial charge is 0.480 e. The molecule has 4 rings (SSSR count). The molecule has 0 saturated carbocycles. The number of carbonyl (C=O) groups excluding carboxylic acids is 2. The van der Waals surface area contributed by atoms with Crippen LogP contribution in [-0.2, 0) is 9.59 Å². The van der Waals surface area contributed by atoms with Gasteiger partial charge in [-0.25, -0.2) is 4.79 Å². The molecule has 2 amide bonds. The van der Waals surface area contributed by atoms with Gasteiger partial charge in [-0.1, -0.05) is 35.0 Å². The Morgan fingerprint density at radius 2 is 2.03 bits per heavy atom. The minimum Gasteiger partial charge on any atom is -0.480 e. The summed E-state index contributed by atoms with van der Waals surface area (Å²) in [6.07, 6.45) is 0. The van der Waals surface area contributed by atoms with Crippen molar-refractivity contribution in [2.45, 2.75) is 43.0 Å². The molecule has 2 aromatic rings. The summed E-state index contributed by atoms with van der Waals surface area (Å²) in [5, 5.41) is 16.2. The van der Waals surface area contributed by atoms with Crippen molar-refractivity contribution >= 4 is 41.1 Å². The van der Waals surface area contributed by atoms with Crippen molar-refractivity contribution in [3.05, 3.63) is 40.6 Å². The van der Waals surface area contributed by atoms with E-state index in [1.54, 1.807) is 45.0 Å². The normalized spacial score (nSPS) is 24.8. The molecular weight excluding hydrogens is 418 g/mol. The van der Waals surface area contributed by atoms with Crippen LogP contribution in [0, 0.1) is 6.92 Å². The molecule has 2 N–H and O–H groups in total. The van der Waals surface area contributed by atoms with Gasteiger partial charge in [-0.3, -0.25) is 9.59 Å². The Balaban J connectivity index is 1.60. The van der Waals surface area contributed by atoms with Crippen LogP contribution in [0.4, 0.5) is 0 Å². The summed E-state index contributed by atoms with van der Waals surface area (Å²) in [7, 11) is 0. The van der Waals surface area contributed by atoms with Crippen LogP contribution in [0.5, 0.6) is 0 Å². The second kappa shape index (κ2) is 6.77. The van der Waals surface area contributed by atoms with Gasteiger partial charge in [-0.2, -0.15) is 0 Å². The van der Waals surface area contributed by atoms with Crippen molar-refractivity contribution in [1.29, 1.82) is 0 Å². The molecule has 1 aromatic carbocycles. The summed E-state index contributed by atoms with van der Waals surface area (Å²) in [4.78, 5) is 38.6. The Labute approximate surface area is 175 Å². The van der Waals surface area contributed by atoms with Crippen LogP contribution in [0.3, 0.4) is 0 Å². The second-order valence-corrected chi connectivity index (χ2v) is 9.67. The van der Waals surface area contributed by atoms with Gasteiger partial charge in [0, 0.05) is 10.3 Å². The van der Waals surface area contributed by atoms with Gasteiger partial charge in [0.1, 0.15) is 34.5 Å². The van der Waals surface area contributed by atoms with Crippen molar-refractivity contribution in [3.8, 4) is 11.3 Å². The fourth-order valence-corrected chi connectivity index (χ4v) is 5.69. The smallest absolute Gasteiger partial charge is 0.327 e. The van der Waals surface area contributed by atoms with Gasteiger partial charge in [0.05, 0.1) is 5.02 Å². The minimum atomic E-state index is -1.06. The van der Waals surface area contributed by atoms with E-state index in [-0.39, 0.29) is 11.3 Å². The molecule has 1 aromatic heterocycles. The molecule has 0 aliphatic carbocycles. The van der Waals surface area contributed by atoms with Crippen LogP contribution in [-0.4, -0.2) is 55.2 Å². The van der Waals surface area contributed by atoms with Crippen LogP contribution in [0.2, 0.25) is 5.02 Å². The van der Waals surface area contributed by atoms with E-state index in [1.807, 2.05) is 0 Å². The quantitative estimate of drug-likeness (QED) is 0.709. The number of carbonyl (C=O) groups is 3. The third-order valence-electron chi connectivity index (χ3n) is 5.18. The van der Waals surface area contributed by atoms with Crippen LogP contribution in [0.25, 0.3) is 11.3 Å². The molecule has 2 fully saturated rings. The number of thioether (sulfide) groups is 1. The molecular formula is C19H18ClN3O5S. The number of benzene rings is 1. The molecule has 3 atom stereocenters. The molecule has 2 aliphatic rings. The zero-order valence-corrected chi connectivity index (χ0v) is 17.4. The molecule has 1 unspecified atom stereocenters. The van der Waals surface area contributed by atoms with Crippen LogP contribution in [0.1, 0.15) is 30.0 Å². The maximum absolute atomic E-state index is 13.0. The molecule has 0 radical (unpaired) electrons. The highest BCUT2D eigenvalue weighted by Gasteiger charge is 2.64. The lowest BCUT2D eigenvalue weighted by Crippen LogP contribution is -2.70. The molecule has 2 saturated heterocycles. The second-order valence-electron chi connectivity index (χ2n) is 7.49. The van der Waals surface area contributed by atoms with Crippen molar-refractivity contribution in [2.24, 2.45) is 0 Å². The number of rotatable bonds is 4. The number of carboxylic acid groups (broad SMARTS) is 1. The zero-order chi connectivity index (χ0) is 21.1. The lowest BCUT2D eigenvalue weighted by atomic mass is 9.95. The van der Waals surface area contributed by atoms with Gasteiger partial charge in [0.15, 0.2) is 0 Å². The van der Waals surface area contributed by atoms with E-state index in [0.29, 0.717) is 16.3 Å². The summed E-state index contributed by atoms with van der Waals surface area (Å²) in [6.45, 7) is 5.16. The zero-order valence-electron chi connectivity index (χ0n) is 15.8. The standard InChI is InChI=1S/C19H18ClN3O5S/c1-8-11(12(22-28-8)9-6-4-5-7-10(9)20)15(24)21-13-16(25)23-14(18(26)27)19(2,3)29-17(13)23/h4-7,13-14,17H,1-3H3,(H,21,24)(H,26,27)/t13?,14-,17+/m0/s1. The highest BCUT2D eigenvalue weighted by atomic mass is 35.5. The molecule has 152 valence electrons. The van der Waals surface area contributed by atoms with Crippen molar-refractivity contribution < 1.29 is 24.0 Å². The van der Waals surface area contributed by atoms with E-state index >= 15 is 0 Å². The maximum atomic E-state index is 13.0. The van der Waals surface area contributed by atoms with Crippen LogP contribution >= 0.6 is 23.4 Å². The fraction of sp³-hybridized carbons (Fsp3) is 0.368. The van der Waals surface area contributed by atoms with Crippen molar-refractivity contribution in [2.75, 3.05) is 0 Å². The Bertz CT molecular complexity index is 1040. The van der Waals surface area contributed by atoms with E-state index < -0.39 is 40.0 Å². The first-order chi connectivity index (χ1) is 13.6. The summed E-state index contributed by atoms with van der Waals surface area (Å²) < 4.78 is 4.54. The lowest BCUT2D eigenvalue weighted by molar-refractivity contribution is -0.159. The van der Waals surface area contributed by atoms with Gasteiger partial charge in [0.2, 0.25) is 5.91 Å². The van der Waals surface area contributed by atoms with Gasteiger partial charge < -0.3 is 19.8 Å².